The first-order valence-corrected chi connectivity index (χ1v) is 15.2. The second kappa shape index (κ2) is 11.6. The number of imidazole rings is 1. The van der Waals surface area contributed by atoms with Gasteiger partial charge >= 0.3 is 12.1 Å². The van der Waals surface area contributed by atoms with Crippen molar-refractivity contribution in [1.82, 2.24) is 14.5 Å². The smallest absolute Gasteiger partial charge is 0.419 e. The third-order valence-electron chi connectivity index (χ3n) is 9.12. The van der Waals surface area contributed by atoms with E-state index in [0.29, 0.717) is 50.3 Å². The number of carboxylic acids is 1. The lowest BCUT2D eigenvalue weighted by atomic mass is 9.90. The predicted molar refractivity (Wildman–Crippen MR) is 158 cm³/mol. The van der Waals surface area contributed by atoms with Crippen LogP contribution in [0, 0.1) is 0 Å². The summed E-state index contributed by atoms with van der Waals surface area (Å²) in [5.74, 6) is -0.375. The van der Waals surface area contributed by atoms with Crippen molar-refractivity contribution >= 4 is 17.0 Å². The van der Waals surface area contributed by atoms with Crippen molar-refractivity contribution in [1.29, 1.82) is 0 Å². The summed E-state index contributed by atoms with van der Waals surface area (Å²) >= 11 is 0. The molecule has 1 atom stereocenters. The van der Waals surface area contributed by atoms with Gasteiger partial charge in [-0.1, -0.05) is 18.2 Å². The number of nitrogens with zero attached hydrogens (tertiary/aromatic N) is 3. The standard InChI is InChI=1S/C34H34F3N3O4/c35-34(36,37)28-14-24-9-11-39(17-26(24)16-31(28)44-20-21-5-6-22-3-1-2-4-23(22)13-21)19-32-38-29-8-7-25(33(41)42)15-30(29)40(32)18-27-10-12-43-27/h5-8,13-16,27H,1-4,9-12,17-20H2,(H,41,42)/t27-/m0/s1. The van der Waals surface area contributed by atoms with Gasteiger partial charge in [-0.05, 0) is 96.7 Å². The van der Waals surface area contributed by atoms with E-state index in [9.17, 15) is 23.1 Å². The Kier molecular flexibility index (Phi) is 7.58. The molecule has 1 N–H and O–H groups in total. The molecule has 3 heterocycles. The zero-order valence-corrected chi connectivity index (χ0v) is 24.3. The number of halogens is 3. The third kappa shape index (κ3) is 5.80. The van der Waals surface area contributed by atoms with E-state index in [0.717, 1.165) is 48.2 Å². The van der Waals surface area contributed by atoms with E-state index in [1.807, 2.05) is 10.6 Å². The highest BCUT2D eigenvalue weighted by Crippen LogP contribution is 2.40. The molecule has 0 radical (unpaired) electrons. The van der Waals surface area contributed by atoms with Gasteiger partial charge in [-0.15, -0.1) is 0 Å². The van der Waals surface area contributed by atoms with Gasteiger partial charge in [-0.2, -0.15) is 13.2 Å². The number of rotatable bonds is 8. The molecule has 0 unspecified atom stereocenters. The van der Waals surface area contributed by atoms with Crippen molar-refractivity contribution in [3.8, 4) is 5.75 Å². The summed E-state index contributed by atoms with van der Waals surface area (Å²) in [5, 5.41) is 9.53. The summed E-state index contributed by atoms with van der Waals surface area (Å²) in [6.45, 7) is 2.83. The fraction of sp³-hybridized carbons (Fsp3) is 0.412. The quantitative estimate of drug-likeness (QED) is 0.245. The van der Waals surface area contributed by atoms with Gasteiger partial charge in [0.2, 0.25) is 0 Å². The molecular formula is C34H34F3N3O4. The Balaban J connectivity index is 1.14. The van der Waals surface area contributed by atoms with Gasteiger partial charge in [0.15, 0.2) is 0 Å². The zero-order valence-electron chi connectivity index (χ0n) is 24.3. The molecule has 4 aromatic rings. The number of aromatic carboxylic acids is 1. The predicted octanol–water partition coefficient (Wildman–Crippen LogP) is 6.56. The number of alkyl halides is 3. The van der Waals surface area contributed by atoms with E-state index in [1.165, 1.54) is 23.6 Å². The molecule has 0 saturated carbocycles. The van der Waals surface area contributed by atoms with Crippen LogP contribution in [-0.2, 0) is 56.4 Å². The van der Waals surface area contributed by atoms with Crippen LogP contribution < -0.4 is 4.74 Å². The third-order valence-corrected chi connectivity index (χ3v) is 9.12. The van der Waals surface area contributed by atoms with Gasteiger partial charge in [0.05, 0.1) is 41.4 Å². The maximum absolute atomic E-state index is 14.1. The van der Waals surface area contributed by atoms with Crippen molar-refractivity contribution in [2.75, 3.05) is 13.2 Å². The molecule has 1 aliphatic carbocycles. The first-order chi connectivity index (χ1) is 21.2. The molecule has 1 saturated heterocycles. The van der Waals surface area contributed by atoms with Crippen LogP contribution in [-0.4, -0.2) is 44.8 Å². The zero-order chi connectivity index (χ0) is 30.4. The van der Waals surface area contributed by atoms with Gasteiger partial charge in [-0.3, -0.25) is 4.90 Å². The summed E-state index contributed by atoms with van der Waals surface area (Å²) in [6.07, 6.45) is 1.24. The minimum absolute atomic E-state index is 0.0392. The van der Waals surface area contributed by atoms with Gasteiger partial charge < -0.3 is 19.1 Å². The molecule has 2 aliphatic heterocycles. The van der Waals surface area contributed by atoms with Crippen molar-refractivity contribution < 1.29 is 32.5 Å². The molecule has 7 rings (SSSR count). The summed E-state index contributed by atoms with van der Waals surface area (Å²) in [5.41, 5.74) is 5.84. The highest BCUT2D eigenvalue weighted by atomic mass is 19.4. The molecule has 0 bridgehead atoms. The van der Waals surface area contributed by atoms with E-state index in [1.54, 1.807) is 24.3 Å². The highest BCUT2D eigenvalue weighted by molar-refractivity contribution is 5.92. The molecule has 10 heteroatoms. The van der Waals surface area contributed by atoms with Crippen LogP contribution in [0.15, 0.2) is 48.5 Å². The number of aromatic nitrogens is 2. The lowest BCUT2D eigenvalue weighted by Gasteiger charge is -2.31. The Bertz CT molecular complexity index is 1730. The SMILES string of the molecule is O=C(O)c1ccc2nc(CN3CCc4cc(C(F)(F)F)c(OCc5ccc6c(c5)CCCC6)cc4C3)n(C[C@@H]3CCO3)c2c1. The summed E-state index contributed by atoms with van der Waals surface area (Å²) in [7, 11) is 0. The van der Waals surface area contributed by atoms with Gasteiger partial charge in [0.1, 0.15) is 18.2 Å². The van der Waals surface area contributed by atoms with Crippen LogP contribution in [0.4, 0.5) is 13.2 Å². The van der Waals surface area contributed by atoms with Crippen LogP contribution in [0.2, 0.25) is 0 Å². The van der Waals surface area contributed by atoms with Gasteiger partial charge in [0, 0.05) is 19.7 Å². The molecule has 44 heavy (non-hydrogen) atoms. The minimum atomic E-state index is -4.53. The minimum Gasteiger partial charge on any atom is -0.488 e. The average molecular weight is 606 g/mol. The average Bonchev–Trinajstić information content (AvgIpc) is 3.32. The second-order valence-electron chi connectivity index (χ2n) is 12.1. The Morgan fingerprint density at radius 1 is 1.00 bits per heavy atom. The number of carboxylic acid groups (broad SMARTS) is 1. The normalized spacial score (nSPS) is 18.5. The number of hydrogen-bond donors (Lipinski definition) is 1. The Morgan fingerprint density at radius 2 is 1.80 bits per heavy atom. The Labute approximate surface area is 253 Å². The van der Waals surface area contributed by atoms with Crippen molar-refractivity contribution in [2.45, 2.75) is 77.0 Å². The fourth-order valence-electron chi connectivity index (χ4n) is 6.62. The maximum Gasteiger partial charge on any atom is 0.419 e. The molecule has 1 aromatic heterocycles. The number of carbonyl (C=O) groups is 1. The Morgan fingerprint density at radius 3 is 2.55 bits per heavy atom. The van der Waals surface area contributed by atoms with Crippen molar-refractivity contribution in [2.24, 2.45) is 0 Å². The number of ether oxygens (including phenoxy) is 2. The van der Waals surface area contributed by atoms with Crippen LogP contribution in [0.25, 0.3) is 11.0 Å². The van der Waals surface area contributed by atoms with Gasteiger partial charge in [0.25, 0.3) is 0 Å². The van der Waals surface area contributed by atoms with E-state index < -0.39 is 17.7 Å². The maximum atomic E-state index is 14.1. The largest absolute Gasteiger partial charge is 0.488 e. The van der Waals surface area contributed by atoms with Crippen LogP contribution in [0.1, 0.15) is 68.8 Å². The molecule has 0 amide bonds. The van der Waals surface area contributed by atoms with E-state index in [4.69, 9.17) is 14.5 Å². The first kappa shape index (κ1) is 28.9. The van der Waals surface area contributed by atoms with Crippen LogP contribution in [0.5, 0.6) is 5.75 Å². The lowest BCUT2D eigenvalue weighted by Crippen LogP contribution is -2.34. The van der Waals surface area contributed by atoms with Crippen LogP contribution in [0.3, 0.4) is 0 Å². The topological polar surface area (TPSA) is 76.8 Å². The molecule has 1 fully saturated rings. The second-order valence-corrected chi connectivity index (χ2v) is 12.1. The summed E-state index contributed by atoms with van der Waals surface area (Å²) < 4.78 is 56.0. The van der Waals surface area contributed by atoms with E-state index >= 15 is 0 Å². The fourth-order valence-corrected chi connectivity index (χ4v) is 6.62. The molecule has 0 spiro atoms. The Hall–Kier alpha value is -3.89. The monoisotopic (exact) mass is 605 g/mol. The number of hydrogen-bond acceptors (Lipinski definition) is 5. The van der Waals surface area contributed by atoms with E-state index in [2.05, 4.69) is 17.0 Å². The summed E-state index contributed by atoms with van der Waals surface area (Å²) in [6, 6.07) is 13.8. The molecule has 3 aliphatic rings. The number of aryl methyl sites for hydroxylation is 2. The van der Waals surface area contributed by atoms with E-state index in [-0.39, 0.29) is 24.0 Å². The first-order valence-electron chi connectivity index (χ1n) is 15.2. The van der Waals surface area contributed by atoms with Crippen molar-refractivity contribution in [3.05, 3.63) is 93.3 Å². The van der Waals surface area contributed by atoms with Crippen molar-refractivity contribution in [3.63, 3.8) is 0 Å². The van der Waals surface area contributed by atoms with Gasteiger partial charge in [-0.25, -0.2) is 9.78 Å². The summed E-state index contributed by atoms with van der Waals surface area (Å²) in [4.78, 5) is 18.6. The number of benzene rings is 3. The molecule has 3 aromatic carbocycles. The molecular weight excluding hydrogens is 571 g/mol. The molecule has 7 nitrogen and oxygen atoms in total. The highest BCUT2D eigenvalue weighted by Gasteiger charge is 2.36. The van der Waals surface area contributed by atoms with Crippen LogP contribution >= 0.6 is 0 Å². The lowest BCUT2D eigenvalue weighted by molar-refractivity contribution is -0.139. The number of fused-ring (bicyclic) bond motifs is 3. The molecule has 230 valence electrons.